The maximum Gasteiger partial charge on any atom is 0.306 e. The molecule has 1 N–H and O–H groups in total. The Hall–Kier alpha value is -1.62. The second-order valence-corrected chi connectivity index (χ2v) is 22.2. The number of ether oxygens (including phenoxy) is 2. The minimum Gasteiger partial charge on any atom is -0.462 e. The third-order valence-corrected chi connectivity index (χ3v) is 15.0. The van der Waals surface area contributed by atoms with Crippen LogP contribution in [-0.4, -0.2) is 36.4 Å². The first kappa shape index (κ1) is 69.4. The van der Waals surface area contributed by atoms with E-state index in [2.05, 4.69) is 38.2 Å². The lowest BCUT2D eigenvalue weighted by atomic mass is 10.0. The van der Waals surface area contributed by atoms with Crippen molar-refractivity contribution >= 4 is 11.9 Å². The number of aliphatic hydroxyl groups excluding tert-OH is 1. The fourth-order valence-electron chi connectivity index (χ4n) is 10.1. The lowest BCUT2D eigenvalue weighted by Crippen LogP contribution is -2.28. The van der Waals surface area contributed by atoms with Gasteiger partial charge in [0, 0.05) is 12.8 Å². The van der Waals surface area contributed by atoms with Crippen LogP contribution >= 0.6 is 0 Å². The molecule has 420 valence electrons. The standard InChI is InChI=1S/C66H126O5/c1-3-5-7-9-11-13-15-17-19-21-23-25-27-29-30-31-32-33-34-35-36-37-39-41-43-45-47-49-51-53-55-57-59-61-66(69)71-64(62-67)63-70-65(68)60-58-56-54-52-50-48-46-44-42-40-38-28-26-24-22-20-18-16-14-12-10-8-6-4-2/h15,17,21,23,64,67H,3-14,16,18-20,22,24-63H2,1-2H3/b17-15-,23-21-. The molecule has 0 spiro atoms. The number of rotatable bonds is 61. The van der Waals surface area contributed by atoms with E-state index in [1.807, 2.05) is 0 Å². The molecule has 1 atom stereocenters. The second-order valence-electron chi connectivity index (χ2n) is 22.2. The van der Waals surface area contributed by atoms with Gasteiger partial charge in [-0.3, -0.25) is 9.59 Å². The monoisotopic (exact) mass is 999 g/mol. The summed E-state index contributed by atoms with van der Waals surface area (Å²) in [6, 6.07) is 0. The molecule has 0 aromatic rings. The molecule has 0 rings (SSSR count). The zero-order valence-corrected chi connectivity index (χ0v) is 48.3. The minimum absolute atomic E-state index is 0.0577. The summed E-state index contributed by atoms with van der Waals surface area (Å²) in [5.74, 6) is -0.564. The summed E-state index contributed by atoms with van der Waals surface area (Å²) in [7, 11) is 0. The van der Waals surface area contributed by atoms with Gasteiger partial charge in [-0.15, -0.1) is 0 Å². The quantitative estimate of drug-likeness (QED) is 0.0373. The zero-order valence-electron chi connectivity index (χ0n) is 48.3. The average molecular weight is 1000 g/mol. The van der Waals surface area contributed by atoms with Gasteiger partial charge in [-0.25, -0.2) is 0 Å². The molecule has 0 aromatic heterocycles. The summed E-state index contributed by atoms with van der Waals surface area (Å²) in [6.07, 6.45) is 80.5. The summed E-state index contributed by atoms with van der Waals surface area (Å²) in [4.78, 5) is 24.6. The van der Waals surface area contributed by atoms with Crippen LogP contribution in [0.25, 0.3) is 0 Å². The minimum atomic E-state index is -0.767. The van der Waals surface area contributed by atoms with Crippen molar-refractivity contribution in [3.05, 3.63) is 24.3 Å². The van der Waals surface area contributed by atoms with E-state index in [1.165, 1.54) is 302 Å². The number of carbonyl (C=O) groups is 2. The molecule has 0 saturated carbocycles. The van der Waals surface area contributed by atoms with Gasteiger partial charge in [0.25, 0.3) is 0 Å². The molecule has 5 heteroatoms. The topological polar surface area (TPSA) is 72.8 Å². The zero-order chi connectivity index (χ0) is 51.3. The van der Waals surface area contributed by atoms with Gasteiger partial charge in [-0.1, -0.05) is 334 Å². The number of carbonyl (C=O) groups excluding carboxylic acids is 2. The molecule has 71 heavy (non-hydrogen) atoms. The number of hydrogen-bond acceptors (Lipinski definition) is 5. The van der Waals surface area contributed by atoms with Gasteiger partial charge in [0.05, 0.1) is 6.61 Å². The molecule has 0 bridgehead atoms. The van der Waals surface area contributed by atoms with E-state index in [9.17, 15) is 14.7 Å². The van der Waals surface area contributed by atoms with Crippen LogP contribution in [0.2, 0.25) is 0 Å². The lowest BCUT2D eigenvalue weighted by molar-refractivity contribution is -0.161. The Balaban J connectivity index is 3.39. The van der Waals surface area contributed by atoms with Crippen LogP contribution in [0.4, 0.5) is 0 Å². The summed E-state index contributed by atoms with van der Waals surface area (Å²) >= 11 is 0. The molecule has 0 aliphatic carbocycles. The Kier molecular flexibility index (Phi) is 61.2. The van der Waals surface area contributed by atoms with Gasteiger partial charge in [-0.2, -0.15) is 0 Å². The molecule has 0 saturated heterocycles. The van der Waals surface area contributed by atoms with Crippen LogP contribution in [0.3, 0.4) is 0 Å². The largest absolute Gasteiger partial charge is 0.462 e. The lowest BCUT2D eigenvalue weighted by Gasteiger charge is -2.15. The molecule has 0 heterocycles. The Bertz CT molecular complexity index is 1080. The van der Waals surface area contributed by atoms with Crippen LogP contribution in [0.5, 0.6) is 0 Å². The maximum atomic E-state index is 12.3. The van der Waals surface area contributed by atoms with Crippen molar-refractivity contribution in [2.24, 2.45) is 0 Å². The number of allylic oxidation sites excluding steroid dienone is 4. The van der Waals surface area contributed by atoms with E-state index in [4.69, 9.17) is 9.47 Å². The third-order valence-electron chi connectivity index (χ3n) is 15.0. The molecule has 5 nitrogen and oxygen atoms in total. The maximum absolute atomic E-state index is 12.3. The van der Waals surface area contributed by atoms with Crippen molar-refractivity contribution in [1.29, 1.82) is 0 Å². The summed E-state index contributed by atoms with van der Waals surface area (Å²) < 4.78 is 10.7. The highest BCUT2D eigenvalue weighted by atomic mass is 16.6. The first-order valence-electron chi connectivity index (χ1n) is 32.4. The molecule has 0 aromatic carbocycles. The van der Waals surface area contributed by atoms with E-state index in [0.717, 1.165) is 38.5 Å². The molecular weight excluding hydrogens is 873 g/mol. The fourth-order valence-corrected chi connectivity index (χ4v) is 10.1. The number of hydrogen-bond donors (Lipinski definition) is 1. The van der Waals surface area contributed by atoms with Crippen molar-refractivity contribution in [3.8, 4) is 0 Å². The van der Waals surface area contributed by atoms with E-state index < -0.39 is 6.10 Å². The van der Waals surface area contributed by atoms with Crippen molar-refractivity contribution < 1.29 is 24.2 Å². The van der Waals surface area contributed by atoms with Crippen LogP contribution in [0.1, 0.15) is 367 Å². The first-order valence-corrected chi connectivity index (χ1v) is 32.4. The Labute approximate surface area is 444 Å². The average Bonchev–Trinajstić information content (AvgIpc) is 3.37. The number of aliphatic hydroxyl groups is 1. The van der Waals surface area contributed by atoms with E-state index in [1.54, 1.807) is 0 Å². The molecular formula is C66H126O5. The second kappa shape index (κ2) is 62.7. The van der Waals surface area contributed by atoms with Gasteiger partial charge < -0.3 is 14.6 Å². The van der Waals surface area contributed by atoms with Crippen LogP contribution in [0.15, 0.2) is 24.3 Å². The predicted octanol–water partition coefficient (Wildman–Crippen LogP) is 22.0. The van der Waals surface area contributed by atoms with Gasteiger partial charge in [0.1, 0.15) is 6.61 Å². The Morgan fingerprint density at radius 2 is 0.563 bits per heavy atom. The molecule has 0 amide bonds. The molecule has 1 unspecified atom stereocenters. The highest BCUT2D eigenvalue weighted by Gasteiger charge is 2.16. The molecule has 0 radical (unpaired) electrons. The molecule has 0 aliphatic heterocycles. The van der Waals surface area contributed by atoms with Crippen molar-refractivity contribution in [2.45, 2.75) is 373 Å². The highest BCUT2D eigenvalue weighted by molar-refractivity contribution is 5.70. The van der Waals surface area contributed by atoms with Crippen molar-refractivity contribution in [3.63, 3.8) is 0 Å². The van der Waals surface area contributed by atoms with E-state index in [0.29, 0.717) is 12.8 Å². The smallest absolute Gasteiger partial charge is 0.306 e. The fraction of sp³-hybridized carbons (Fsp3) is 0.909. The predicted molar refractivity (Wildman–Crippen MR) is 311 cm³/mol. The van der Waals surface area contributed by atoms with Crippen LogP contribution in [0, 0.1) is 0 Å². The number of esters is 2. The van der Waals surface area contributed by atoms with Gasteiger partial charge in [-0.05, 0) is 44.9 Å². The first-order chi connectivity index (χ1) is 35.1. The molecule has 0 fully saturated rings. The third kappa shape index (κ3) is 60.8. The summed E-state index contributed by atoms with van der Waals surface area (Å²) in [5, 5.41) is 9.68. The van der Waals surface area contributed by atoms with Gasteiger partial charge in [0.2, 0.25) is 0 Å². The highest BCUT2D eigenvalue weighted by Crippen LogP contribution is 2.19. The number of unbranched alkanes of at least 4 members (excludes halogenated alkanes) is 49. The normalized spacial score (nSPS) is 12.2. The van der Waals surface area contributed by atoms with Crippen molar-refractivity contribution in [1.82, 2.24) is 0 Å². The molecule has 0 aliphatic rings. The SMILES string of the molecule is CCCCCCC/C=C\C/C=C\CCCCCCCCCCCCCCCCCCCCCCCC(=O)OC(CO)COC(=O)CCCCCCCCCCCCCCCCCCCCCCCCCC. The van der Waals surface area contributed by atoms with Crippen LogP contribution < -0.4 is 0 Å². The summed E-state index contributed by atoms with van der Waals surface area (Å²) in [6.45, 7) is 4.20. The van der Waals surface area contributed by atoms with E-state index >= 15 is 0 Å². The van der Waals surface area contributed by atoms with E-state index in [-0.39, 0.29) is 25.2 Å². The Morgan fingerprint density at radius 1 is 0.324 bits per heavy atom. The summed E-state index contributed by atoms with van der Waals surface area (Å²) in [5.41, 5.74) is 0. The van der Waals surface area contributed by atoms with Crippen LogP contribution in [-0.2, 0) is 19.1 Å². The van der Waals surface area contributed by atoms with Gasteiger partial charge >= 0.3 is 11.9 Å². The van der Waals surface area contributed by atoms with Gasteiger partial charge in [0.15, 0.2) is 6.10 Å². The van der Waals surface area contributed by atoms with Crippen molar-refractivity contribution in [2.75, 3.05) is 13.2 Å². The Morgan fingerprint density at radius 3 is 0.831 bits per heavy atom.